The zero-order valence-electron chi connectivity index (χ0n) is 6.93. The van der Waals surface area contributed by atoms with E-state index in [0.717, 1.165) is 0 Å². The molecule has 60 valence electrons. The molecule has 0 rings (SSSR count). The van der Waals surface area contributed by atoms with Crippen LogP contribution in [0.25, 0.3) is 0 Å². The van der Waals surface area contributed by atoms with E-state index in [0.29, 0.717) is 0 Å². The Kier molecular flexibility index (Phi) is 3.22. The lowest BCUT2D eigenvalue weighted by Crippen LogP contribution is -2.37. The van der Waals surface area contributed by atoms with Crippen molar-refractivity contribution in [3.05, 3.63) is 0 Å². The van der Waals surface area contributed by atoms with E-state index in [9.17, 15) is 4.79 Å². The Balaban J connectivity index is 3.87. The first-order valence-electron chi connectivity index (χ1n) is 3.33. The molecule has 1 N–H and O–H groups in total. The van der Waals surface area contributed by atoms with Crippen molar-refractivity contribution < 1.29 is 4.79 Å². The average molecular weight is 161 g/mol. The van der Waals surface area contributed by atoms with Gasteiger partial charge in [-0.3, -0.25) is 4.79 Å². The van der Waals surface area contributed by atoms with Crippen LogP contribution >= 0.6 is 12.6 Å². The molecule has 10 heavy (non-hydrogen) atoms. The summed E-state index contributed by atoms with van der Waals surface area (Å²) in [6, 6.07) is 0. The number of carbonyl (C=O) groups is 1. The fourth-order valence-corrected chi connectivity index (χ4v) is 0.523. The maximum absolute atomic E-state index is 11.1. The van der Waals surface area contributed by atoms with Crippen LogP contribution < -0.4 is 5.32 Å². The van der Waals surface area contributed by atoms with Gasteiger partial charge in [-0.15, -0.1) is 0 Å². The molecule has 2 nitrogen and oxygen atoms in total. The van der Waals surface area contributed by atoms with Gasteiger partial charge in [0.05, 0.1) is 5.37 Å². The molecule has 0 aromatic rings. The zero-order chi connectivity index (χ0) is 8.36. The highest BCUT2D eigenvalue weighted by molar-refractivity contribution is 7.80. The van der Waals surface area contributed by atoms with Crippen LogP contribution in [0.2, 0.25) is 0 Å². The first-order chi connectivity index (χ1) is 4.34. The molecule has 0 aromatic heterocycles. The second kappa shape index (κ2) is 3.28. The van der Waals surface area contributed by atoms with E-state index in [1.807, 2.05) is 27.7 Å². The molecule has 0 saturated carbocycles. The Bertz CT molecular complexity index is 126. The van der Waals surface area contributed by atoms with Gasteiger partial charge in [-0.25, -0.2) is 0 Å². The summed E-state index contributed by atoms with van der Waals surface area (Å²) in [5.74, 6) is 0.0370. The van der Waals surface area contributed by atoms with Crippen molar-refractivity contribution in [1.29, 1.82) is 0 Å². The van der Waals surface area contributed by atoms with Gasteiger partial charge in [0.25, 0.3) is 0 Å². The summed E-state index contributed by atoms with van der Waals surface area (Å²) in [6.07, 6.45) is 0. The number of rotatable bonds is 1. The fraction of sp³-hybridized carbons (Fsp3) is 0.857. The fourth-order valence-electron chi connectivity index (χ4n) is 0.406. The lowest BCUT2D eigenvalue weighted by Gasteiger charge is -2.18. The topological polar surface area (TPSA) is 29.1 Å². The Morgan fingerprint density at radius 1 is 1.50 bits per heavy atom. The molecule has 0 aromatic carbocycles. The molecule has 0 bridgehead atoms. The quantitative estimate of drug-likeness (QED) is 0.442. The maximum atomic E-state index is 11.1. The van der Waals surface area contributed by atoms with Crippen LogP contribution in [0, 0.1) is 5.41 Å². The molecule has 3 heteroatoms. The van der Waals surface area contributed by atoms with E-state index >= 15 is 0 Å². The van der Waals surface area contributed by atoms with E-state index in [1.165, 1.54) is 0 Å². The van der Waals surface area contributed by atoms with Crippen LogP contribution in [-0.2, 0) is 4.79 Å². The standard InChI is InChI=1S/C7H15NOS/c1-5(10)8-6(9)7(2,3)4/h5,10H,1-4H3,(H,8,9). The molecule has 1 atom stereocenters. The molecule has 0 heterocycles. The summed E-state index contributed by atoms with van der Waals surface area (Å²) in [6.45, 7) is 7.45. The second-order valence-corrected chi connectivity index (χ2v) is 4.17. The zero-order valence-corrected chi connectivity index (χ0v) is 7.83. The summed E-state index contributed by atoms with van der Waals surface area (Å²) in [5.41, 5.74) is -0.309. The van der Waals surface area contributed by atoms with Gasteiger partial charge in [0.1, 0.15) is 0 Å². The first kappa shape index (κ1) is 9.82. The van der Waals surface area contributed by atoms with Crippen molar-refractivity contribution in [3.8, 4) is 0 Å². The molecule has 1 amide bonds. The second-order valence-electron chi connectivity index (χ2n) is 3.40. The van der Waals surface area contributed by atoms with Crippen molar-refractivity contribution >= 4 is 18.5 Å². The molecule has 0 saturated heterocycles. The van der Waals surface area contributed by atoms with E-state index < -0.39 is 0 Å². The summed E-state index contributed by atoms with van der Waals surface area (Å²) in [5, 5.41) is 2.64. The molecule has 0 fully saturated rings. The van der Waals surface area contributed by atoms with E-state index in [1.54, 1.807) is 0 Å². The molecule has 0 aliphatic carbocycles. The maximum Gasteiger partial charge on any atom is 0.226 e. The molecule has 0 spiro atoms. The summed E-state index contributed by atoms with van der Waals surface area (Å²) in [4.78, 5) is 11.1. The SMILES string of the molecule is CC(S)NC(=O)C(C)(C)C. The summed E-state index contributed by atoms with van der Waals surface area (Å²) < 4.78 is 0. The Labute approximate surface area is 67.8 Å². The number of amides is 1. The largest absolute Gasteiger partial charge is 0.344 e. The minimum atomic E-state index is -0.309. The van der Waals surface area contributed by atoms with Gasteiger partial charge < -0.3 is 5.32 Å². The molecule has 0 aliphatic rings. The lowest BCUT2D eigenvalue weighted by molar-refractivity contribution is -0.128. The highest BCUT2D eigenvalue weighted by Gasteiger charge is 2.21. The molecule has 0 radical (unpaired) electrons. The van der Waals surface area contributed by atoms with Gasteiger partial charge in [0.15, 0.2) is 0 Å². The number of nitrogens with one attached hydrogen (secondary N) is 1. The van der Waals surface area contributed by atoms with Gasteiger partial charge >= 0.3 is 0 Å². The van der Waals surface area contributed by atoms with Crippen molar-refractivity contribution in [2.45, 2.75) is 33.1 Å². The first-order valence-corrected chi connectivity index (χ1v) is 3.84. The van der Waals surface area contributed by atoms with E-state index in [-0.39, 0.29) is 16.7 Å². The highest BCUT2D eigenvalue weighted by Crippen LogP contribution is 2.12. The minimum absolute atomic E-state index is 0.0370. The van der Waals surface area contributed by atoms with Crippen LogP contribution in [0.5, 0.6) is 0 Å². The minimum Gasteiger partial charge on any atom is -0.344 e. The van der Waals surface area contributed by atoms with Crippen LogP contribution in [0.15, 0.2) is 0 Å². The van der Waals surface area contributed by atoms with Gasteiger partial charge in [-0.1, -0.05) is 20.8 Å². The normalized spacial score (nSPS) is 14.5. The van der Waals surface area contributed by atoms with Gasteiger partial charge in [0.2, 0.25) is 5.91 Å². The van der Waals surface area contributed by atoms with Crippen LogP contribution in [0.3, 0.4) is 0 Å². The predicted octanol–water partition coefficient (Wildman–Crippen LogP) is 1.42. The van der Waals surface area contributed by atoms with Crippen LogP contribution in [-0.4, -0.2) is 11.3 Å². The predicted molar refractivity (Wildman–Crippen MR) is 46.0 cm³/mol. The number of hydrogen-bond donors (Lipinski definition) is 2. The molecule has 1 unspecified atom stereocenters. The van der Waals surface area contributed by atoms with Gasteiger partial charge in [-0.05, 0) is 6.92 Å². The van der Waals surface area contributed by atoms with Crippen LogP contribution in [0.1, 0.15) is 27.7 Å². The van der Waals surface area contributed by atoms with Crippen LogP contribution in [0.4, 0.5) is 0 Å². The summed E-state index contributed by atoms with van der Waals surface area (Å²) in [7, 11) is 0. The highest BCUT2D eigenvalue weighted by atomic mass is 32.1. The Hall–Kier alpha value is -0.180. The van der Waals surface area contributed by atoms with E-state index in [4.69, 9.17) is 0 Å². The number of hydrogen-bond acceptors (Lipinski definition) is 2. The smallest absolute Gasteiger partial charge is 0.226 e. The van der Waals surface area contributed by atoms with Gasteiger partial charge in [0, 0.05) is 5.41 Å². The monoisotopic (exact) mass is 161 g/mol. The molecular weight excluding hydrogens is 146 g/mol. The average Bonchev–Trinajstić information content (AvgIpc) is 1.60. The third-order valence-electron chi connectivity index (χ3n) is 1.02. The van der Waals surface area contributed by atoms with Crippen molar-refractivity contribution in [1.82, 2.24) is 5.32 Å². The molecular formula is C7H15NOS. The summed E-state index contributed by atoms with van der Waals surface area (Å²) >= 11 is 4.04. The van der Waals surface area contributed by atoms with Gasteiger partial charge in [-0.2, -0.15) is 12.6 Å². The van der Waals surface area contributed by atoms with Crippen molar-refractivity contribution in [2.24, 2.45) is 5.41 Å². The Morgan fingerprint density at radius 2 is 1.90 bits per heavy atom. The lowest BCUT2D eigenvalue weighted by atomic mass is 9.96. The van der Waals surface area contributed by atoms with E-state index in [2.05, 4.69) is 17.9 Å². The Morgan fingerprint density at radius 3 is 2.00 bits per heavy atom. The number of thiol groups is 1. The number of carbonyl (C=O) groups excluding carboxylic acids is 1. The molecule has 0 aliphatic heterocycles. The third-order valence-corrected chi connectivity index (χ3v) is 1.15. The van der Waals surface area contributed by atoms with Crippen molar-refractivity contribution in [2.75, 3.05) is 0 Å². The van der Waals surface area contributed by atoms with Crippen molar-refractivity contribution in [3.63, 3.8) is 0 Å². The third kappa shape index (κ3) is 3.77.